The van der Waals surface area contributed by atoms with Gasteiger partial charge in [0, 0.05) is 12.2 Å². The summed E-state index contributed by atoms with van der Waals surface area (Å²) >= 11 is 0. The number of ether oxygens (including phenoxy) is 3. The molecule has 0 aromatic heterocycles. The van der Waals surface area contributed by atoms with Crippen molar-refractivity contribution in [1.29, 1.82) is 0 Å². The molecule has 0 saturated heterocycles. The Bertz CT molecular complexity index is 682. The molecule has 0 unspecified atom stereocenters. The number of hydrogen-bond acceptors (Lipinski definition) is 6. The number of rotatable bonds is 9. The van der Waals surface area contributed by atoms with Gasteiger partial charge in [0.1, 0.15) is 5.57 Å². The molecule has 1 aliphatic carbocycles. The highest BCUT2D eigenvalue weighted by atomic mass is 19.1. The van der Waals surface area contributed by atoms with Crippen LogP contribution in [0.2, 0.25) is 0 Å². The molecule has 0 atom stereocenters. The third-order valence-electron chi connectivity index (χ3n) is 3.58. The van der Waals surface area contributed by atoms with E-state index in [1.807, 2.05) is 0 Å². The normalized spacial score (nSPS) is 14.0. The van der Waals surface area contributed by atoms with Gasteiger partial charge in [0.2, 0.25) is 5.78 Å². The van der Waals surface area contributed by atoms with Gasteiger partial charge in [0.05, 0.1) is 25.9 Å². The van der Waals surface area contributed by atoms with Crippen LogP contribution >= 0.6 is 0 Å². The van der Waals surface area contributed by atoms with Crippen LogP contribution in [0.3, 0.4) is 0 Å². The molecular formula is C18H22FNO5. The van der Waals surface area contributed by atoms with E-state index < -0.39 is 17.6 Å². The van der Waals surface area contributed by atoms with Gasteiger partial charge >= 0.3 is 5.97 Å². The zero-order valence-corrected chi connectivity index (χ0v) is 14.6. The average Bonchev–Trinajstić information content (AvgIpc) is 3.40. The lowest BCUT2D eigenvalue weighted by atomic mass is 10.0. The van der Waals surface area contributed by atoms with Gasteiger partial charge in [-0.3, -0.25) is 4.79 Å². The van der Waals surface area contributed by atoms with Crippen LogP contribution in [0.1, 0.15) is 37.0 Å². The molecule has 1 saturated carbocycles. The maximum Gasteiger partial charge on any atom is 0.343 e. The highest BCUT2D eigenvalue weighted by Crippen LogP contribution is 2.35. The molecule has 1 aliphatic rings. The molecule has 1 N–H and O–H groups in total. The lowest BCUT2D eigenvalue weighted by Crippen LogP contribution is -2.21. The van der Waals surface area contributed by atoms with Crippen LogP contribution < -0.4 is 14.8 Å². The maximum atomic E-state index is 13.9. The predicted octanol–water partition coefficient (Wildman–Crippen LogP) is 2.61. The number of hydrogen-bond donors (Lipinski definition) is 1. The second-order valence-electron chi connectivity index (χ2n) is 5.44. The van der Waals surface area contributed by atoms with Crippen molar-refractivity contribution >= 4 is 11.8 Å². The van der Waals surface area contributed by atoms with Gasteiger partial charge in [-0.1, -0.05) is 0 Å². The third kappa shape index (κ3) is 4.49. The Kier molecular flexibility index (Phi) is 6.38. The van der Waals surface area contributed by atoms with Crippen LogP contribution in [-0.2, 0) is 9.53 Å². The predicted molar refractivity (Wildman–Crippen MR) is 89.3 cm³/mol. The number of benzene rings is 1. The molecule has 1 aromatic carbocycles. The number of esters is 1. The van der Waals surface area contributed by atoms with E-state index in [0.29, 0.717) is 0 Å². The summed E-state index contributed by atoms with van der Waals surface area (Å²) < 4.78 is 29.3. The molecule has 1 fully saturated rings. The first-order chi connectivity index (χ1) is 12.0. The summed E-state index contributed by atoms with van der Waals surface area (Å²) in [6.07, 6.45) is 3.33. The summed E-state index contributed by atoms with van der Waals surface area (Å²) in [5, 5.41) is 3.01. The number of nitrogens with one attached hydrogen (secondary N) is 1. The standard InChI is InChI=1S/C18H22FNO5/c1-4-24-16-12(8-9-14(19)17(16)23-3)15(21)13(18(22)25-5-2)10-20-11-6-7-11/h8-11,20H,4-7H2,1-3H3/b13-10-. The summed E-state index contributed by atoms with van der Waals surface area (Å²) in [5.41, 5.74) is -0.125. The quantitative estimate of drug-likeness (QED) is 0.242. The second-order valence-corrected chi connectivity index (χ2v) is 5.44. The van der Waals surface area contributed by atoms with E-state index in [9.17, 15) is 14.0 Å². The molecule has 136 valence electrons. The van der Waals surface area contributed by atoms with Gasteiger partial charge in [0.25, 0.3) is 0 Å². The van der Waals surface area contributed by atoms with Gasteiger partial charge < -0.3 is 19.5 Å². The number of carbonyl (C=O) groups is 2. The Balaban J connectivity index is 2.43. The maximum absolute atomic E-state index is 13.9. The fourth-order valence-electron chi connectivity index (χ4n) is 2.22. The monoisotopic (exact) mass is 351 g/mol. The van der Waals surface area contributed by atoms with Crippen LogP contribution in [0.4, 0.5) is 4.39 Å². The van der Waals surface area contributed by atoms with Crippen molar-refractivity contribution in [3.63, 3.8) is 0 Å². The molecule has 0 aliphatic heterocycles. The van der Waals surface area contributed by atoms with Gasteiger partial charge in [-0.25, -0.2) is 9.18 Å². The van der Waals surface area contributed by atoms with Crippen molar-refractivity contribution in [2.75, 3.05) is 20.3 Å². The summed E-state index contributed by atoms with van der Waals surface area (Å²) in [4.78, 5) is 25.1. The first-order valence-electron chi connectivity index (χ1n) is 8.20. The number of methoxy groups -OCH3 is 1. The molecule has 2 rings (SSSR count). The zero-order valence-electron chi connectivity index (χ0n) is 14.6. The molecule has 0 radical (unpaired) electrons. The molecule has 1 aromatic rings. The zero-order chi connectivity index (χ0) is 18.4. The molecule has 0 spiro atoms. The molecular weight excluding hydrogens is 329 g/mol. The number of Topliss-reactive ketones (excluding diaryl/α,β-unsaturated/α-hetero) is 1. The van der Waals surface area contributed by atoms with Crippen molar-refractivity contribution in [3.8, 4) is 11.5 Å². The van der Waals surface area contributed by atoms with E-state index >= 15 is 0 Å². The van der Waals surface area contributed by atoms with E-state index in [1.54, 1.807) is 13.8 Å². The lowest BCUT2D eigenvalue weighted by Gasteiger charge is -2.15. The Morgan fingerprint density at radius 2 is 1.96 bits per heavy atom. The Hall–Kier alpha value is -2.57. The largest absolute Gasteiger partial charge is 0.490 e. The fourth-order valence-corrected chi connectivity index (χ4v) is 2.22. The van der Waals surface area contributed by atoms with Crippen LogP contribution in [0, 0.1) is 5.82 Å². The van der Waals surface area contributed by atoms with E-state index in [0.717, 1.165) is 18.9 Å². The Morgan fingerprint density at radius 3 is 2.52 bits per heavy atom. The number of halogens is 1. The van der Waals surface area contributed by atoms with Gasteiger partial charge in [-0.05, 0) is 38.8 Å². The molecule has 0 bridgehead atoms. The van der Waals surface area contributed by atoms with Gasteiger partial charge in [0.15, 0.2) is 17.3 Å². The minimum Gasteiger partial charge on any atom is -0.490 e. The van der Waals surface area contributed by atoms with E-state index in [1.165, 1.54) is 19.4 Å². The second kappa shape index (κ2) is 8.50. The smallest absolute Gasteiger partial charge is 0.343 e. The van der Waals surface area contributed by atoms with Crippen LogP contribution in [0.15, 0.2) is 23.9 Å². The molecule has 7 heteroatoms. The van der Waals surface area contributed by atoms with Crippen LogP contribution in [0.5, 0.6) is 11.5 Å². The molecule has 0 amide bonds. The van der Waals surface area contributed by atoms with Crippen LogP contribution in [-0.4, -0.2) is 38.1 Å². The van der Waals surface area contributed by atoms with Crippen molar-refractivity contribution in [2.45, 2.75) is 32.7 Å². The highest BCUT2D eigenvalue weighted by Gasteiger charge is 2.28. The van der Waals surface area contributed by atoms with Crippen molar-refractivity contribution < 1.29 is 28.2 Å². The minimum absolute atomic E-state index is 0.0309. The first kappa shape index (κ1) is 18.8. The number of carbonyl (C=O) groups excluding carboxylic acids is 2. The van der Waals surface area contributed by atoms with Crippen LogP contribution in [0.25, 0.3) is 0 Å². The summed E-state index contributed by atoms with van der Waals surface area (Å²) in [6, 6.07) is 2.63. The summed E-state index contributed by atoms with van der Waals surface area (Å²) in [7, 11) is 1.28. The minimum atomic E-state index is -0.744. The van der Waals surface area contributed by atoms with Crippen molar-refractivity contribution in [3.05, 3.63) is 35.3 Å². The van der Waals surface area contributed by atoms with Crippen molar-refractivity contribution in [2.24, 2.45) is 0 Å². The SMILES string of the molecule is CCOC(=O)/C(=C\NC1CC1)C(=O)c1ccc(F)c(OC)c1OCC. The first-order valence-corrected chi connectivity index (χ1v) is 8.20. The summed E-state index contributed by atoms with van der Waals surface area (Å²) in [6.45, 7) is 3.70. The fraction of sp³-hybridized carbons (Fsp3) is 0.444. The van der Waals surface area contributed by atoms with Crippen molar-refractivity contribution in [1.82, 2.24) is 5.32 Å². The van der Waals surface area contributed by atoms with E-state index in [2.05, 4.69) is 5.32 Å². The Labute approximate surface area is 145 Å². The molecule has 6 nitrogen and oxygen atoms in total. The van der Waals surface area contributed by atoms with E-state index in [-0.39, 0.29) is 41.9 Å². The van der Waals surface area contributed by atoms with Gasteiger partial charge in [-0.2, -0.15) is 0 Å². The average molecular weight is 351 g/mol. The number of ketones is 1. The third-order valence-corrected chi connectivity index (χ3v) is 3.58. The topological polar surface area (TPSA) is 73.9 Å². The lowest BCUT2D eigenvalue weighted by molar-refractivity contribution is -0.138. The highest BCUT2D eigenvalue weighted by molar-refractivity contribution is 6.25. The summed E-state index contributed by atoms with van der Waals surface area (Å²) in [5.74, 6) is -2.22. The molecule has 25 heavy (non-hydrogen) atoms. The van der Waals surface area contributed by atoms with E-state index in [4.69, 9.17) is 14.2 Å². The van der Waals surface area contributed by atoms with Gasteiger partial charge in [-0.15, -0.1) is 0 Å². The molecule has 0 heterocycles. The Morgan fingerprint density at radius 1 is 1.24 bits per heavy atom.